The van der Waals surface area contributed by atoms with Crippen molar-refractivity contribution in [1.29, 1.82) is 0 Å². The molecule has 118 valence electrons. The molecule has 0 fully saturated rings. The van der Waals surface area contributed by atoms with Crippen molar-refractivity contribution >= 4 is 22.9 Å². The molecular weight excluding hydrogens is 294 g/mol. The van der Waals surface area contributed by atoms with Gasteiger partial charge in [-0.25, -0.2) is 9.97 Å². The quantitative estimate of drug-likeness (QED) is 0.546. The molecule has 3 nitrogen and oxygen atoms in total. The number of aromatic nitrogens is 3. The van der Waals surface area contributed by atoms with Crippen molar-refractivity contribution in [1.82, 2.24) is 14.4 Å². The van der Waals surface area contributed by atoms with Gasteiger partial charge in [-0.1, -0.05) is 54.6 Å². The second-order valence-corrected chi connectivity index (χ2v) is 6.01. The maximum absolute atomic E-state index is 4.72. The minimum Gasteiger partial charge on any atom is -0.281 e. The van der Waals surface area contributed by atoms with E-state index in [0.717, 1.165) is 28.9 Å². The van der Waals surface area contributed by atoms with Crippen LogP contribution in [0.3, 0.4) is 0 Å². The summed E-state index contributed by atoms with van der Waals surface area (Å²) in [5.41, 5.74) is 6.85. The lowest BCUT2D eigenvalue weighted by molar-refractivity contribution is 0.972. The molecule has 0 bridgehead atoms. The Balaban J connectivity index is 1.78. The van der Waals surface area contributed by atoms with Crippen molar-refractivity contribution in [3.05, 3.63) is 83.2 Å². The molecule has 0 N–H and O–H groups in total. The van der Waals surface area contributed by atoms with Gasteiger partial charge < -0.3 is 0 Å². The monoisotopic (exact) mass is 313 g/mol. The number of imidazole rings is 1. The first kappa shape index (κ1) is 14.6. The summed E-state index contributed by atoms with van der Waals surface area (Å²) in [4.78, 5) is 9.36. The fourth-order valence-corrected chi connectivity index (χ4v) is 3.21. The molecule has 0 radical (unpaired) electrons. The van der Waals surface area contributed by atoms with Crippen LogP contribution >= 0.6 is 0 Å². The highest BCUT2D eigenvalue weighted by Gasteiger charge is 2.12. The average molecular weight is 313 g/mol. The number of benzene rings is 2. The van der Waals surface area contributed by atoms with Crippen molar-refractivity contribution in [3.63, 3.8) is 0 Å². The Kier molecular flexibility index (Phi) is 3.62. The number of rotatable bonds is 3. The Morgan fingerprint density at radius 2 is 1.67 bits per heavy atom. The lowest BCUT2D eigenvalue weighted by Crippen LogP contribution is -2.04. The third-order valence-corrected chi connectivity index (χ3v) is 4.45. The highest BCUT2D eigenvalue weighted by molar-refractivity contribution is 5.80. The molecule has 0 saturated carbocycles. The largest absolute Gasteiger partial charge is 0.281 e. The van der Waals surface area contributed by atoms with Crippen molar-refractivity contribution in [2.45, 2.75) is 20.3 Å². The molecule has 0 amide bonds. The lowest BCUT2D eigenvalue weighted by Gasteiger charge is -2.10. The number of nitrogens with zero attached hydrogens (tertiary/aromatic N) is 3. The van der Waals surface area contributed by atoms with E-state index in [2.05, 4.69) is 65.7 Å². The molecule has 0 atom stereocenters. The summed E-state index contributed by atoms with van der Waals surface area (Å²) in [6.07, 6.45) is 5.23. The summed E-state index contributed by atoms with van der Waals surface area (Å²) < 4.78 is 2.16. The van der Waals surface area contributed by atoms with Crippen LogP contribution in [-0.2, 0) is 6.42 Å². The van der Waals surface area contributed by atoms with Crippen LogP contribution in [0.2, 0.25) is 0 Å². The lowest BCUT2D eigenvalue weighted by atomic mass is 10.1. The number of hydrogen-bond acceptors (Lipinski definition) is 2. The summed E-state index contributed by atoms with van der Waals surface area (Å²) in [6, 6.07) is 18.6. The minimum absolute atomic E-state index is 0.780. The summed E-state index contributed by atoms with van der Waals surface area (Å²) in [6.45, 7) is 4.22. The van der Waals surface area contributed by atoms with Gasteiger partial charge in [-0.3, -0.25) is 4.40 Å². The average Bonchev–Trinajstić information content (AvgIpc) is 2.97. The van der Waals surface area contributed by atoms with Gasteiger partial charge in [0.15, 0.2) is 0 Å². The predicted molar refractivity (Wildman–Crippen MR) is 99.1 cm³/mol. The maximum Gasteiger partial charge on any atom is 0.235 e. The molecule has 4 rings (SSSR count). The zero-order valence-electron chi connectivity index (χ0n) is 13.9. The third kappa shape index (κ3) is 2.48. The normalized spacial score (nSPS) is 11.8. The van der Waals surface area contributed by atoms with Crippen LogP contribution in [0, 0.1) is 13.8 Å². The number of para-hydroxylation sites is 2. The van der Waals surface area contributed by atoms with E-state index in [1.807, 2.05) is 24.3 Å². The van der Waals surface area contributed by atoms with Gasteiger partial charge in [0.2, 0.25) is 5.78 Å². The topological polar surface area (TPSA) is 30.2 Å². The minimum atomic E-state index is 0.780. The molecule has 3 heteroatoms. The van der Waals surface area contributed by atoms with Crippen molar-refractivity contribution < 1.29 is 0 Å². The van der Waals surface area contributed by atoms with Gasteiger partial charge in [0.25, 0.3) is 0 Å². The molecule has 4 aromatic rings. The first-order valence-corrected chi connectivity index (χ1v) is 8.19. The smallest absolute Gasteiger partial charge is 0.235 e. The SMILES string of the molecule is Cc1nc2nc3ccccc3n2c(C)c1C/C=C/c1ccccc1. The molecule has 0 saturated heterocycles. The van der Waals surface area contributed by atoms with Crippen LogP contribution in [0.4, 0.5) is 0 Å². The van der Waals surface area contributed by atoms with Gasteiger partial charge in [0.1, 0.15) is 0 Å². The van der Waals surface area contributed by atoms with Crippen LogP contribution in [0.5, 0.6) is 0 Å². The van der Waals surface area contributed by atoms with Crippen LogP contribution in [0.15, 0.2) is 60.7 Å². The molecule has 24 heavy (non-hydrogen) atoms. The Bertz CT molecular complexity index is 1040. The van der Waals surface area contributed by atoms with E-state index in [1.54, 1.807) is 0 Å². The van der Waals surface area contributed by atoms with Gasteiger partial charge >= 0.3 is 0 Å². The summed E-state index contributed by atoms with van der Waals surface area (Å²) in [5.74, 6) is 0.780. The first-order chi connectivity index (χ1) is 11.7. The highest BCUT2D eigenvalue weighted by Crippen LogP contribution is 2.21. The van der Waals surface area contributed by atoms with Gasteiger partial charge in [0.05, 0.1) is 11.0 Å². The fourth-order valence-electron chi connectivity index (χ4n) is 3.21. The molecular formula is C21H19N3. The Hall–Kier alpha value is -2.94. The van der Waals surface area contributed by atoms with Crippen LogP contribution < -0.4 is 0 Å². The molecule has 0 spiro atoms. The molecule has 0 unspecified atom stereocenters. The predicted octanol–water partition coefficient (Wildman–Crippen LogP) is 4.76. The fraction of sp³-hybridized carbons (Fsp3) is 0.143. The number of aryl methyl sites for hydroxylation is 2. The Morgan fingerprint density at radius 1 is 0.917 bits per heavy atom. The van der Waals surface area contributed by atoms with Gasteiger partial charge in [-0.15, -0.1) is 0 Å². The maximum atomic E-state index is 4.72. The number of hydrogen-bond donors (Lipinski definition) is 0. The van der Waals surface area contributed by atoms with Crippen LogP contribution in [0.1, 0.15) is 22.5 Å². The van der Waals surface area contributed by atoms with E-state index in [9.17, 15) is 0 Å². The van der Waals surface area contributed by atoms with Crippen molar-refractivity contribution in [2.75, 3.05) is 0 Å². The van der Waals surface area contributed by atoms with Crippen molar-refractivity contribution in [3.8, 4) is 0 Å². The Labute approximate surface area is 141 Å². The zero-order chi connectivity index (χ0) is 16.5. The second-order valence-electron chi connectivity index (χ2n) is 6.01. The first-order valence-electron chi connectivity index (χ1n) is 8.19. The van der Waals surface area contributed by atoms with Gasteiger partial charge in [-0.2, -0.15) is 0 Å². The van der Waals surface area contributed by atoms with E-state index in [1.165, 1.54) is 16.8 Å². The van der Waals surface area contributed by atoms with Crippen LogP contribution in [-0.4, -0.2) is 14.4 Å². The van der Waals surface area contributed by atoms with Crippen LogP contribution in [0.25, 0.3) is 22.9 Å². The summed E-state index contributed by atoms with van der Waals surface area (Å²) in [5, 5.41) is 0. The summed E-state index contributed by atoms with van der Waals surface area (Å²) in [7, 11) is 0. The van der Waals surface area contributed by atoms with Gasteiger partial charge in [0, 0.05) is 11.4 Å². The molecule has 0 aliphatic heterocycles. The standard InChI is InChI=1S/C21H19N3/c1-15-18(12-8-11-17-9-4-3-5-10-17)16(2)24-20-14-7-6-13-19(20)23-21(24)22-15/h3-11,13-14H,12H2,1-2H3/b11-8+. The highest BCUT2D eigenvalue weighted by atomic mass is 15.1. The van der Waals surface area contributed by atoms with E-state index in [-0.39, 0.29) is 0 Å². The van der Waals surface area contributed by atoms with E-state index >= 15 is 0 Å². The Morgan fingerprint density at radius 3 is 2.50 bits per heavy atom. The van der Waals surface area contributed by atoms with Gasteiger partial charge in [-0.05, 0) is 43.5 Å². The second kappa shape index (κ2) is 5.93. The molecule has 2 heterocycles. The molecule has 2 aromatic carbocycles. The van der Waals surface area contributed by atoms with E-state index in [0.29, 0.717) is 0 Å². The van der Waals surface area contributed by atoms with E-state index < -0.39 is 0 Å². The van der Waals surface area contributed by atoms with Crippen molar-refractivity contribution in [2.24, 2.45) is 0 Å². The molecule has 0 aliphatic rings. The number of allylic oxidation sites excluding steroid dienone is 1. The number of fused-ring (bicyclic) bond motifs is 3. The third-order valence-electron chi connectivity index (χ3n) is 4.45. The zero-order valence-corrected chi connectivity index (χ0v) is 13.9. The molecule has 0 aliphatic carbocycles. The molecule has 2 aromatic heterocycles. The van der Waals surface area contributed by atoms with E-state index in [4.69, 9.17) is 4.98 Å². The summed E-state index contributed by atoms with van der Waals surface area (Å²) >= 11 is 0.